The number of hydrogen-bond acceptors (Lipinski definition) is 3. The molecule has 6 nitrogen and oxygen atoms in total. The number of carbonyl (C=O) groups is 2. The van der Waals surface area contributed by atoms with Crippen LogP contribution in [0.4, 0.5) is 5.69 Å². The van der Waals surface area contributed by atoms with E-state index in [1.54, 1.807) is 36.4 Å². The molecule has 0 bridgehead atoms. The predicted molar refractivity (Wildman–Crippen MR) is 115 cm³/mol. The van der Waals surface area contributed by atoms with Gasteiger partial charge >= 0.3 is 5.97 Å². The van der Waals surface area contributed by atoms with Crippen molar-refractivity contribution >= 4 is 69.7 Å². The highest BCUT2D eigenvalue weighted by atomic mass is 35.6. The van der Waals surface area contributed by atoms with Crippen LogP contribution in [0.1, 0.15) is 26.3 Å². The van der Waals surface area contributed by atoms with Crippen LogP contribution in [0.5, 0.6) is 0 Å². The van der Waals surface area contributed by atoms with Gasteiger partial charge < -0.3 is 21.1 Å². The summed E-state index contributed by atoms with van der Waals surface area (Å²) in [4.78, 5) is 23.5. The molecule has 28 heavy (non-hydrogen) atoms. The van der Waals surface area contributed by atoms with E-state index in [9.17, 15) is 9.59 Å². The highest BCUT2D eigenvalue weighted by molar-refractivity contribution is 7.80. The number of amides is 1. The van der Waals surface area contributed by atoms with E-state index in [-0.39, 0.29) is 10.7 Å². The average Bonchev–Trinajstić information content (AvgIpc) is 2.61. The number of aromatic carboxylic acids is 1. The fourth-order valence-corrected chi connectivity index (χ4v) is 2.71. The zero-order valence-corrected chi connectivity index (χ0v) is 17.6. The SMILES string of the molecule is Cc1ccc(C(=O)NC(NC(=S)Nc2cccc(C(=O)O)c2)C(Cl)(Cl)Cl)cc1. The Hall–Kier alpha value is -2.06. The van der Waals surface area contributed by atoms with Gasteiger partial charge in [0.1, 0.15) is 6.17 Å². The molecular formula is C18H16Cl3N3O3S. The van der Waals surface area contributed by atoms with Crippen LogP contribution in [0.25, 0.3) is 0 Å². The summed E-state index contributed by atoms with van der Waals surface area (Å²) < 4.78 is -1.91. The van der Waals surface area contributed by atoms with Crippen LogP contribution in [0.15, 0.2) is 48.5 Å². The molecule has 1 amide bonds. The van der Waals surface area contributed by atoms with Crippen LogP contribution in [0.3, 0.4) is 0 Å². The Morgan fingerprint density at radius 2 is 1.68 bits per heavy atom. The third-order valence-corrected chi connectivity index (χ3v) is 4.43. The second kappa shape index (κ2) is 9.43. The lowest BCUT2D eigenvalue weighted by molar-refractivity contribution is 0.0696. The van der Waals surface area contributed by atoms with Crippen LogP contribution in [-0.2, 0) is 0 Å². The fraction of sp³-hybridized carbons (Fsp3) is 0.167. The monoisotopic (exact) mass is 459 g/mol. The van der Waals surface area contributed by atoms with E-state index in [4.69, 9.17) is 52.1 Å². The summed E-state index contributed by atoms with van der Waals surface area (Å²) in [6, 6.07) is 12.9. The van der Waals surface area contributed by atoms with Gasteiger partial charge in [0.2, 0.25) is 3.79 Å². The predicted octanol–water partition coefficient (Wildman–Crippen LogP) is 4.11. The molecule has 148 valence electrons. The molecule has 0 fully saturated rings. The number of benzene rings is 2. The third-order valence-electron chi connectivity index (χ3n) is 3.56. The first-order chi connectivity index (χ1) is 13.1. The van der Waals surface area contributed by atoms with Gasteiger partial charge in [-0.25, -0.2) is 4.79 Å². The highest BCUT2D eigenvalue weighted by Gasteiger charge is 2.34. The molecule has 0 aliphatic heterocycles. The molecule has 2 aromatic rings. The van der Waals surface area contributed by atoms with Crippen LogP contribution >= 0.6 is 47.0 Å². The Labute approximate surface area is 182 Å². The summed E-state index contributed by atoms with van der Waals surface area (Å²) in [6.45, 7) is 1.90. The van der Waals surface area contributed by atoms with Crippen LogP contribution in [0.2, 0.25) is 0 Å². The number of alkyl halides is 3. The highest BCUT2D eigenvalue weighted by Crippen LogP contribution is 2.29. The zero-order chi connectivity index (χ0) is 20.9. The second-order valence-corrected chi connectivity index (χ2v) is 8.58. The first kappa shape index (κ1) is 22.2. The van der Waals surface area contributed by atoms with Crippen molar-refractivity contribution in [2.75, 3.05) is 5.32 Å². The lowest BCUT2D eigenvalue weighted by Crippen LogP contribution is -2.56. The molecule has 10 heteroatoms. The van der Waals surface area contributed by atoms with Gasteiger partial charge in [-0.05, 0) is 49.5 Å². The lowest BCUT2D eigenvalue weighted by Gasteiger charge is -2.27. The van der Waals surface area contributed by atoms with Gasteiger partial charge in [0, 0.05) is 11.3 Å². The Kier molecular flexibility index (Phi) is 7.48. The second-order valence-electron chi connectivity index (χ2n) is 5.80. The number of nitrogens with one attached hydrogen (secondary N) is 3. The quantitative estimate of drug-likeness (QED) is 0.305. The van der Waals surface area contributed by atoms with Gasteiger partial charge in [0.25, 0.3) is 5.91 Å². The van der Waals surface area contributed by atoms with Crippen molar-refractivity contribution in [3.8, 4) is 0 Å². The van der Waals surface area contributed by atoms with E-state index in [1.165, 1.54) is 12.1 Å². The molecule has 1 unspecified atom stereocenters. The Morgan fingerprint density at radius 3 is 2.25 bits per heavy atom. The number of carboxylic acids is 1. The third kappa shape index (κ3) is 6.53. The molecule has 0 aromatic heterocycles. The van der Waals surface area contributed by atoms with Crippen molar-refractivity contribution in [2.45, 2.75) is 16.9 Å². The minimum atomic E-state index is -1.91. The Bertz CT molecular complexity index is 886. The molecule has 0 heterocycles. The van der Waals surface area contributed by atoms with E-state index < -0.39 is 21.8 Å². The molecule has 0 spiro atoms. The molecule has 0 aliphatic carbocycles. The normalized spacial score (nSPS) is 12.0. The van der Waals surface area contributed by atoms with Gasteiger partial charge in [-0.3, -0.25) is 4.79 Å². The molecule has 4 N–H and O–H groups in total. The van der Waals surface area contributed by atoms with E-state index in [1.807, 2.05) is 6.92 Å². The smallest absolute Gasteiger partial charge is 0.335 e. The first-order valence-electron chi connectivity index (χ1n) is 7.91. The van der Waals surface area contributed by atoms with Crippen molar-refractivity contribution in [3.05, 3.63) is 65.2 Å². The molecule has 1 atom stereocenters. The fourth-order valence-electron chi connectivity index (χ4n) is 2.15. The Balaban J connectivity index is 2.08. The number of halogens is 3. The number of hydrogen-bond donors (Lipinski definition) is 4. The summed E-state index contributed by atoms with van der Waals surface area (Å²) in [6.07, 6.45) is -1.14. The van der Waals surface area contributed by atoms with E-state index in [2.05, 4.69) is 16.0 Å². The number of carboxylic acid groups (broad SMARTS) is 1. The number of carbonyl (C=O) groups excluding carboxylic acids is 1. The summed E-state index contributed by atoms with van der Waals surface area (Å²) in [5.41, 5.74) is 1.89. The standard InChI is InChI=1S/C18H16Cl3N3O3S/c1-10-5-7-11(8-6-10)14(25)23-16(18(19,20)21)24-17(28)22-13-4-2-3-12(9-13)15(26)27/h2-9,16H,1H3,(H,23,25)(H,26,27)(H2,22,24,28). The molecule has 0 aliphatic rings. The molecule has 0 saturated heterocycles. The molecule has 0 saturated carbocycles. The van der Waals surface area contributed by atoms with Gasteiger partial charge in [0.05, 0.1) is 5.56 Å². The van der Waals surface area contributed by atoms with Crippen LogP contribution < -0.4 is 16.0 Å². The van der Waals surface area contributed by atoms with Crippen molar-refractivity contribution < 1.29 is 14.7 Å². The first-order valence-corrected chi connectivity index (χ1v) is 9.45. The molecule has 2 rings (SSSR count). The van der Waals surface area contributed by atoms with E-state index in [0.717, 1.165) is 5.56 Å². The molecular weight excluding hydrogens is 445 g/mol. The summed E-state index contributed by atoms with van der Waals surface area (Å²) >= 11 is 23.1. The number of anilines is 1. The van der Waals surface area contributed by atoms with Crippen molar-refractivity contribution in [2.24, 2.45) is 0 Å². The van der Waals surface area contributed by atoms with Gasteiger partial charge in [0.15, 0.2) is 5.11 Å². The lowest BCUT2D eigenvalue weighted by atomic mass is 10.1. The minimum absolute atomic E-state index is 0.0306. The summed E-state index contributed by atoms with van der Waals surface area (Å²) in [7, 11) is 0. The van der Waals surface area contributed by atoms with Crippen LogP contribution in [-0.4, -0.2) is 32.1 Å². The summed E-state index contributed by atoms with van der Waals surface area (Å²) in [5, 5.41) is 17.1. The van der Waals surface area contributed by atoms with Crippen LogP contribution in [0, 0.1) is 6.92 Å². The largest absolute Gasteiger partial charge is 0.478 e. The Morgan fingerprint density at radius 1 is 1.04 bits per heavy atom. The molecule has 0 radical (unpaired) electrons. The van der Waals surface area contributed by atoms with E-state index >= 15 is 0 Å². The van der Waals surface area contributed by atoms with Gasteiger partial charge in [-0.1, -0.05) is 58.6 Å². The van der Waals surface area contributed by atoms with Gasteiger partial charge in [-0.2, -0.15) is 0 Å². The maximum absolute atomic E-state index is 12.4. The van der Waals surface area contributed by atoms with Gasteiger partial charge in [-0.15, -0.1) is 0 Å². The maximum Gasteiger partial charge on any atom is 0.335 e. The van der Waals surface area contributed by atoms with Crippen molar-refractivity contribution in [3.63, 3.8) is 0 Å². The average molecular weight is 461 g/mol. The minimum Gasteiger partial charge on any atom is -0.478 e. The zero-order valence-electron chi connectivity index (χ0n) is 14.5. The topological polar surface area (TPSA) is 90.5 Å². The summed E-state index contributed by atoms with van der Waals surface area (Å²) in [5.74, 6) is -1.54. The van der Waals surface area contributed by atoms with Crippen molar-refractivity contribution in [1.29, 1.82) is 0 Å². The number of rotatable bonds is 5. The molecule has 2 aromatic carbocycles. The number of aryl methyl sites for hydroxylation is 1. The number of thiocarbonyl (C=S) groups is 1. The van der Waals surface area contributed by atoms with Crippen molar-refractivity contribution in [1.82, 2.24) is 10.6 Å². The maximum atomic E-state index is 12.4. The van der Waals surface area contributed by atoms with E-state index in [0.29, 0.717) is 11.3 Å².